The van der Waals surface area contributed by atoms with Crippen LogP contribution in [-0.2, 0) is 16.4 Å². The van der Waals surface area contributed by atoms with Gasteiger partial charge in [0.05, 0.1) is 23.6 Å². The van der Waals surface area contributed by atoms with E-state index in [-0.39, 0.29) is 17.6 Å². The number of rotatable bonds is 4. The highest BCUT2D eigenvalue weighted by Crippen LogP contribution is 2.38. The molecule has 2 N–H and O–H groups in total. The lowest BCUT2D eigenvalue weighted by molar-refractivity contribution is 0.218. The summed E-state index contributed by atoms with van der Waals surface area (Å²) in [7, 11) is -1.49. The van der Waals surface area contributed by atoms with Crippen LogP contribution in [0.15, 0.2) is 12.1 Å². The van der Waals surface area contributed by atoms with E-state index in [0.29, 0.717) is 29.5 Å². The van der Waals surface area contributed by atoms with Crippen molar-refractivity contribution >= 4 is 21.4 Å². The van der Waals surface area contributed by atoms with Gasteiger partial charge >= 0.3 is 0 Å². The first-order chi connectivity index (χ1) is 8.95. The number of sulfone groups is 1. The SMILES string of the molecule is COc1cc(CN)cc(Cl)c1OC1CCS(=O)(=O)C1. The van der Waals surface area contributed by atoms with Crippen LogP contribution in [0.1, 0.15) is 12.0 Å². The summed E-state index contributed by atoms with van der Waals surface area (Å²) >= 11 is 6.13. The van der Waals surface area contributed by atoms with E-state index in [2.05, 4.69) is 0 Å². The Balaban J connectivity index is 2.25. The molecule has 0 saturated carbocycles. The van der Waals surface area contributed by atoms with Crippen molar-refractivity contribution in [2.24, 2.45) is 5.73 Å². The maximum atomic E-state index is 11.4. The molecule has 1 heterocycles. The highest BCUT2D eigenvalue weighted by molar-refractivity contribution is 7.91. The van der Waals surface area contributed by atoms with Crippen molar-refractivity contribution in [1.29, 1.82) is 0 Å². The first-order valence-corrected chi connectivity index (χ1v) is 8.08. The van der Waals surface area contributed by atoms with Crippen molar-refractivity contribution in [1.82, 2.24) is 0 Å². The fraction of sp³-hybridized carbons (Fsp3) is 0.500. The van der Waals surface area contributed by atoms with Crippen LogP contribution in [-0.4, -0.2) is 33.1 Å². The molecule has 1 aromatic carbocycles. The number of benzene rings is 1. The van der Waals surface area contributed by atoms with Crippen LogP contribution in [0.5, 0.6) is 11.5 Å². The molecule has 1 fully saturated rings. The second-order valence-electron chi connectivity index (χ2n) is 4.46. The van der Waals surface area contributed by atoms with Gasteiger partial charge in [0.2, 0.25) is 0 Å². The summed E-state index contributed by atoms with van der Waals surface area (Å²) in [5.74, 6) is 1.02. The molecule has 1 unspecified atom stereocenters. The average molecular weight is 306 g/mol. The van der Waals surface area contributed by atoms with Gasteiger partial charge in [-0.05, 0) is 24.1 Å². The first kappa shape index (κ1) is 14.4. The third-order valence-electron chi connectivity index (χ3n) is 3.00. The molecule has 106 valence electrons. The molecule has 0 amide bonds. The first-order valence-electron chi connectivity index (χ1n) is 5.88. The number of methoxy groups -OCH3 is 1. The van der Waals surface area contributed by atoms with Crippen molar-refractivity contribution < 1.29 is 17.9 Å². The van der Waals surface area contributed by atoms with Gasteiger partial charge in [-0.25, -0.2) is 8.42 Å². The monoisotopic (exact) mass is 305 g/mol. The normalized spacial score (nSPS) is 21.3. The Kier molecular flexibility index (Phi) is 4.23. The highest BCUT2D eigenvalue weighted by Gasteiger charge is 2.30. The number of hydrogen-bond donors (Lipinski definition) is 1. The summed E-state index contributed by atoms with van der Waals surface area (Å²) in [6, 6.07) is 3.44. The summed E-state index contributed by atoms with van der Waals surface area (Å²) < 4.78 is 33.7. The van der Waals surface area contributed by atoms with Crippen molar-refractivity contribution in [3.05, 3.63) is 22.7 Å². The number of ether oxygens (including phenoxy) is 2. The van der Waals surface area contributed by atoms with Gasteiger partial charge in [-0.2, -0.15) is 0 Å². The largest absolute Gasteiger partial charge is 0.493 e. The van der Waals surface area contributed by atoms with Crippen molar-refractivity contribution in [2.45, 2.75) is 19.1 Å². The van der Waals surface area contributed by atoms with Gasteiger partial charge in [-0.3, -0.25) is 0 Å². The predicted octanol–water partition coefficient (Wildman–Crippen LogP) is 1.37. The quantitative estimate of drug-likeness (QED) is 0.909. The molecular formula is C12H16ClNO4S. The molecule has 0 radical (unpaired) electrons. The standard InChI is InChI=1S/C12H16ClNO4S/c1-17-11-5-8(6-14)4-10(13)12(11)18-9-2-3-19(15,16)7-9/h4-5,9H,2-3,6-7,14H2,1H3. The van der Waals surface area contributed by atoms with Crippen LogP contribution in [0.25, 0.3) is 0 Å². The molecule has 7 heteroatoms. The van der Waals surface area contributed by atoms with E-state index in [9.17, 15) is 8.42 Å². The Bertz CT molecular complexity index is 573. The third-order valence-corrected chi connectivity index (χ3v) is 5.02. The van der Waals surface area contributed by atoms with E-state index >= 15 is 0 Å². The van der Waals surface area contributed by atoms with Gasteiger partial charge < -0.3 is 15.2 Å². The number of halogens is 1. The second-order valence-corrected chi connectivity index (χ2v) is 7.09. The molecule has 1 aromatic rings. The Morgan fingerprint density at radius 1 is 1.47 bits per heavy atom. The van der Waals surface area contributed by atoms with Crippen LogP contribution in [0.4, 0.5) is 0 Å². The molecule has 1 atom stereocenters. The van der Waals surface area contributed by atoms with Gasteiger partial charge in [0.25, 0.3) is 0 Å². The van der Waals surface area contributed by atoms with Crippen LogP contribution < -0.4 is 15.2 Å². The lowest BCUT2D eigenvalue weighted by atomic mass is 10.2. The number of nitrogens with two attached hydrogens (primary N) is 1. The molecule has 2 rings (SSSR count). The average Bonchev–Trinajstić information content (AvgIpc) is 2.71. The Morgan fingerprint density at radius 3 is 2.74 bits per heavy atom. The van der Waals surface area contributed by atoms with Gasteiger partial charge in [0.1, 0.15) is 6.10 Å². The van der Waals surface area contributed by atoms with Gasteiger partial charge in [-0.15, -0.1) is 0 Å². The molecule has 1 saturated heterocycles. The second kappa shape index (κ2) is 5.56. The minimum Gasteiger partial charge on any atom is -0.493 e. The molecule has 19 heavy (non-hydrogen) atoms. The summed E-state index contributed by atoms with van der Waals surface area (Å²) in [4.78, 5) is 0. The fourth-order valence-electron chi connectivity index (χ4n) is 2.03. The summed E-state index contributed by atoms with van der Waals surface area (Å²) in [5.41, 5.74) is 6.38. The lowest BCUT2D eigenvalue weighted by Gasteiger charge is -2.17. The summed E-state index contributed by atoms with van der Waals surface area (Å²) in [6.45, 7) is 0.341. The smallest absolute Gasteiger partial charge is 0.180 e. The van der Waals surface area contributed by atoms with Crippen LogP contribution in [0, 0.1) is 0 Å². The minimum atomic E-state index is -2.99. The van der Waals surface area contributed by atoms with Crippen LogP contribution >= 0.6 is 11.6 Å². The van der Waals surface area contributed by atoms with Crippen molar-refractivity contribution in [2.75, 3.05) is 18.6 Å². The Hall–Kier alpha value is -0.980. The Labute approximate surface area is 117 Å². The minimum absolute atomic E-state index is 0.0190. The van der Waals surface area contributed by atoms with E-state index in [0.717, 1.165) is 5.56 Å². The van der Waals surface area contributed by atoms with Gasteiger partial charge in [0.15, 0.2) is 21.3 Å². The fourth-order valence-corrected chi connectivity index (χ4v) is 3.89. The molecular weight excluding hydrogens is 290 g/mol. The predicted molar refractivity (Wildman–Crippen MR) is 73.6 cm³/mol. The summed E-state index contributed by atoms with van der Waals surface area (Å²) in [5, 5.41) is 0.379. The van der Waals surface area contributed by atoms with Crippen molar-refractivity contribution in [3.8, 4) is 11.5 Å². The van der Waals surface area contributed by atoms with E-state index in [1.54, 1.807) is 12.1 Å². The van der Waals surface area contributed by atoms with Crippen LogP contribution in [0.2, 0.25) is 5.02 Å². The molecule has 1 aliphatic heterocycles. The zero-order valence-corrected chi connectivity index (χ0v) is 12.1. The molecule has 0 aromatic heterocycles. The maximum absolute atomic E-state index is 11.4. The zero-order valence-electron chi connectivity index (χ0n) is 10.6. The molecule has 0 aliphatic carbocycles. The van der Waals surface area contributed by atoms with E-state index in [4.69, 9.17) is 26.8 Å². The topological polar surface area (TPSA) is 78.6 Å². The maximum Gasteiger partial charge on any atom is 0.180 e. The summed E-state index contributed by atoms with van der Waals surface area (Å²) in [6.07, 6.45) is 0.0978. The lowest BCUT2D eigenvalue weighted by Crippen LogP contribution is -2.18. The van der Waals surface area contributed by atoms with E-state index in [1.807, 2.05) is 0 Å². The van der Waals surface area contributed by atoms with E-state index < -0.39 is 9.84 Å². The Morgan fingerprint density at radius 2 is 2.21 bits per heavy atom. The molecule has 0 bridgehead atoms. The van der Waals surface area contributed by atoms with Gasteiger partial charge in [0, 0.05) is 6.54 Å². The molecule has 0 spiro atoms. The highest BCUT2D eigenvalue weighted by atomic mass is 35.5. The van der Waals surface area contributed by atoms with Crippen molar-refractivity contribution in [3.63, 3.8) is 0 Å². The molecule has 1 aliphatic rings. The molecule has 5 nitrogen and oxygen atoms in total. The van der Waals surface area contributed by atoms with E-state index in [1.165, 1.54) is 7.11 Å². The number of hydrogen-bond acceptors (Lipinski definition) is 5. The zero-order chi connectivity index (χ0) is 14.0. The van der Waals surface area contributed by atoms with Crippen LogP contribution in [0.3, 0.4) is 0 Å². The third kappa shape index (κ3) is 3.32. The van der Waals surface area contributed by atoms with Gasteiger partial charge in [-0.1, -0.05) is 11.6 Å².